The van der Waals surface area contributed by atoms with E-state index in [1.807, 2.05) is 29.8 Å². The summed E-state index contributed by atoms with van der Waals surface area (Å²) >= 11 is 0. The van der Waals surface area contributed by atoms with Gasteiger partial charge in [0.05, 0.1) is 17.4 Å². The number of imidazole rings is 1. The molecule has 80 valence electrons. The number of aromatic nitrogens is 3. The SMILES string of the molecule is Cn1cnc2c(-c3cc(N)no3)cccc21. The van der Waals surface area contributed by atoms with Crippen molar-refractivity contribution in [2.45, 2.75) is 0 Å². The van der Waals surface area contributed by atoms with E-state index in [1.54, 1.807) is 12.4 Å². The topological polar surface area (TPSA) is 69.9 Å². The van der Waals surface area contributed by atoms with E-state index in [9.17, 15) is 0 Å². The number of nitrogen functional groups attached to an aromatic ring is 1. The highest BCUT2D eigenvalue weighted by atomic mass is 16.5. The van der Waals surface area contributed by atoms with E-state index in [0.717, 1.165) is 16.6 Å². The van der Waals surface area contributed by atoms with Crippen LogP contribution in [0.5, 0.6) is 0 Å². The van der Waals surface area contributed by atoms with Crippen molar-refractivity contribution in [3.8, 4) is 11.3 Å². The molecule has 3 aromatic rings. The van der Waals surface area contributed by atoms with Crippen molar-refractivity contribution < 1.29 is 4.52 Å². The van der Waals surface area contributed by atoms with Gasteiger partial charge in [-0.05, 0) is 12.1 Å². The standard InChI is InChI=1S/C11H10N4O/c1-15-6-13-11-7(3-2-4-8(11)15)9-5-10(12)14-16-9/h2-6H,1H3,(H2,12,14). The fourth-order valence-corrected chi connectivity index (χ4v) is 1.77. The zero-order valence-corrected chi connectivity index (χ0v) is 8.71. The van der Waals surface area contributed by atoms with Crippen LogP contribution in [-0.4, -0.2) is 14.7 Å². The van der Waals surface area contributed by atoms with Crippen molar-refractivity contribution in [1.82, 2.24) is 14.7 Å². The molecule has 0 saturated carbocycles. The Bertz CT molecular complexity index is 653. The molecule has 2 N–H and O–H groups in total. The molecule has 0 aliphatic rings. The van der Waals surface area contributed by atoms with Crippen LogP contribution in [0.15, 0.2) is 35.1 Å². The lowest BCUT2D eigenvalue weighted by Crippen LogP contribution is -1.84. The Morgan fingerprint density at radius 2 is 2.25 bits per heavy atom. The van der Waals surface area contributed by atoms with Crippen LogP contribution < -0.4 is 5.73 Å². The molecule has 1 aromatic carbocycles. The zero-order chi connectivity index (χ0) is 11.1. The average molecular weight is 214 g/mol. The average Bonchev–Trinajstić information content (AvgIpc) is 2.86. The van der Waals surface area contributed by atoms with E-state index in [2.05, 4.69) is 10.1 Å². The molecular formula is C11H10N4O. The van der Waals surface area contributed by atoms with Crippen molar-refractivity contribution >= 4 is 16.9 Å². The van der Waals surface area contributed by atoms with E-state index in [1.165, 1.54) is 0 Å². The molecular weight excluding hydrogens is 204 g/mol. The second kappa shape index (κ2) is 3.10. The summed E-state index contributed by atoms with van der Waals surface area (Å²) < 4.78 is 7.10. The van der Waals surface area contributed by atoms with Gasteiger partial charge in [-0.2, -0.15) is 0 Å². The number of benzene rings is 1. The molecule has 0 atom stereocenters. The quantitative estimate of drug-likeness (QED) is 0.670. The Balaban J connectivity index is 2.31. The monoisotopic (exact) mass is 214 g/mol. The van der Waals surface area contributed by atoms with Gasteiger partial charge in [-0.3, -0.25) is 0 Å². The lowest BCUT2D eigenvalue weighted by atomic mass is 10.1. The van der Waals surface area contributed by atoms with Crippen LogP contribution in [0.2, 0.25) is 0 Å². The number of para-hydroxylation sites is 1. The molecule has 16 heavy (non-hydrogen) atoms. The van der Waals surface area contributed by atoms with Gasteiger partial charge in [-0.15, -0.1) is 0 Å². The first kappa shape index (κ1) is 8.96. The molecule has 2 aromatic heterocycles. The maximum absolute atomic E-state index is 5.53. The fourth-order valence-electron chi connectivity index (χ4n) is 1.77. The highest BCUT2D eigenvalue weighted by Gasteiger charge is 2.11. The van der Waals surface area contributed by atoms with Gasteiger partial charge in [0, 0.05) is 18.7 Å². The van der Waals surface area contributed by atoms with E-state index in [-0.39, 0.29) is 0 Å². The lowest BCUT2D eigenvalue weighted by molar-refractivity contribution is 0.436. The number of nitrogens with two attached hydrogens (primary N) is 1. The predicted molar refractivity (Wildman–Crippen MR) is 60.6 cm³/mol. The molecule has 0 radical (unpaired) electrons. The second-order valence-corrected chi connectivity index (χ2v) is 3.64. The van der Waals surface area contributed by atoms with Gasteiger partial charge in [-0.1, -0.05) is 11.2 Å². The number of nitrogens with zero attached hydrogens (tertiary/aromatic N) is 3. The zero-order valence-electron chi connectivity index (χ0n) is 8.71. The minimum atomic E-state index is 0.378. The molecule has 0 aliphatic carbocycles. The minimum absolute atomic E-state index is 0.378. The first-order chi connectivity index (χ1) is 7.75. The largest absolute Gasteiger partial charge is 0.381 e. The van der Waals surface area contributed by atoms with Crippen LogP contribution in [0.3, 0.4) is 0 Å². The Morgan fingerprint density at radius 1 is 1.38 bits per heavy atom. The minimum Gasteiger partial charge on any atom is -0.381 e. The van der Waals surface area contributed by atoms with Crippen LogP contribution >= 0.6 is 0 Å². The predicted octanol–water partition coefficient (Wildman–Crippen LogP) is 1.81. The molecule has 3 rings (SSSR count). The van der Waals surface area contributed by atoms with Crippen molar-refractivity contribution in [3.63, 3.8) is 0 Å². The van der Waals surface area contributed by atoms with Crippen LogP contribution in [0.25, 0.3) is 22.4 Å². The first-order valence-corrected chi connectivity index (χ1v) is 4.88. The summed E-state index contributed by atoms with van der Waals surface area (Å²) in [5.74, 6) is 1.02. The van der Waals surface area contributed by atoms with Gasteiger partial charge in [0.15, 0.2) is 11.6 Å². The smallest absolute Gasteiger partial charge is 0.171 e. The Hall–Kier alpha value is -2.30. The van der Waals surface area contributed by atoms with Crippen LogP contribution in [0, 0.1) is 0 Å². The summed E-state index contributed by atoms with van der Waals surface area (Å²) in [7, 11) is 1.95. The molecule has 0 saturated heterocycles. The van der Waals surface area contributed by atoms with Gasteiger partial charge in [0.2, 0.25) is 0 Å². The number of hydrogen-bond donors (Lipinski definition) is 1. The third-order valence-corrected chi connectivity index (χ3v) is 2.55. The summed E-state index contributed by atoms with van der Waals surface area (Å²) in [5, 5.41) is 3.67. The van der Waals surface area contributed by atoms with Crippen molar-refractivity contribution in [1.29, 1.82) is 0 Å². The number of anilines is 1. The lowest BCUT2D eigenvalue weighted by Gasteiger charge is -1.98. The molecule has 0 aliphatic heterocycles. The third kappa shape index (κ3) is 1.18. The fraction of sp³-hybridized carbons (Fsp3) is 0.0909. The maximum Gasteiger partial charge on any atom is 0.171 e. The summed E-state index contributed by atoms with van der Waals surface area (Å²) in [6.45, 7) is 0. The molecule has 2 heterocycles. The summed E-state index contributed by atoms with van der Waals surface area (Å²) in [5.41, 5.74) is 8.38. The van der Waals surface area contributed by atoms with Gasteiger partial charge in [0.1, 0.15) is 0 Å². The maximum atomic E-state index is 5.53. The molecule has 0 fully saturated rings. The highest BCUT2D eigenvalue weighted by Crippen LogP contribution is 2.28. The molecule has 0 unspecified atom stereocenters. The van der Waals surface area contributed by atoms with Crippen molar-refractivity contribution in [3.05, 3.63) is 30.6 Å². The number of hydrogen-bond acceptors (Lipinski definition) is 4. The molecule has 0 amide bonds. The van der Waals surface area contributed by atoms with Gasteiger partial charge in [0.25, 0.3) is 0 Å². The molecule has 5 nitrogen and oxygen atoms in total. The van der Waals surface area contributed by atoms with E-state index in [0.29, 0.717) is 11.6 Å². The second-order valence-electron chi connectivity index (χ2n) is 3.64. The molecule has 5 heteroatoms. The number of fused-ring (bicyclic) bond motifs is 1. The molecule has 0 bridgehead atoms. The summed E-state index contributed by atoms with van der Waals surface area (Å²) in [6, 6.07) is 7.60. The van der Waals surface area contributed by atoms with Crippen LogP contribution in [-0.2, 0) is 7.05 Å². The van der Waals surface area contributed by atoms with Gasteiger partial charge < -0.3 is 14.8 Å². The van der Waals surface area contributed by atoms with Crippen molar-refractivity contribution in [2.75, 3.05) is 5.73 Å². The highest BCUT2D eigenvalue weighted by molar-refractivity contribution is 5.90. The van der Waals surface area contributed by atoms with Crippen LogP contribution in [0.1, 0.15) is 0 Å². The molecule has 0 spiro atoms. The Morgan fingerprint density at radius 3 is 3.00 bits per heavy atom. The van der Waals surface area contributed by atoms with Gasteiger partial charge >= 0.3 is 0 Å². The van der Waals surface area contributed by atoms with E-state index in [4.69, 9.17) is 10.3 Å². The Labute approximate surface area is 91.5 Å². The normalized spacial score (nSPS) is 11.1. The van der Waals surface area contributed by atoms with Crippen molar-refractivity contribution in [2.24, 2.45) is 7.05 Å². The van der Waals surface area contributed by atoms with Gasteiger partial charge in [-0.25, -0.2) is 4.98 Å². The number of rotatable bonds is 1. The number of aryl methyl sites for hydroxylation is 1. The third-order valence-electron chi connectivity index (χ3n) is 2.55. The first-order valence-electron chi connectivity index (χ1n) is 4.88. The van der Waals surface area contributed by atoms with E-state index < -0.39 is 0 Å². The van der Waals surface area contributed by atoms with E-state index >= 15 is 0 Å². The summed E-state index contributed by atoms with van der Waals surface area (Å²) in [4.78, 5) is 4.34. The summed E-state index contributed by atoms with van der Waals surface area (Å²) in [6.07, 6.45) is 1.77. The van der Waals surface area contributed by atoms with Crippen LogP contribution in [0.4, 0.5) is 5.82 Å². The Kier molecular flexibility index (Phi) is 1.73.